The molecule has 3 rings (SSSR count). The molecule has 0 fully saturated rings. The summed E-state index contributed by atoms with van der Waals surface area (Å²) in [6.07, 6.45) is 5.04. The quantitative estimate of drug-likeness (QED) is 0.422. The van der Waals surface area contributed by atoms with Crippen molar-refractivity contribution < 1.29 is 9.90 Å². The molecular weight excluding hydrogens is 340 g/mol. The molecule has 0 saturated heterocycles. The third-order valence-corrected chi connectivity index (χ3v) is 4.16. The van der Waals surface area contributed by atoms with Gasteiger partial charge in [0, 0.05) is 23.3 Å². The predicted molar refractivity (Wildman–Crippen MR) is 103 cm³/mol. The highest BCUT2D eigenvalue weighted by atomic mass is 16.3. The van der Waals surface area contributed by atoms with Crippen LogP contribution in [-0.4, -0.2) is 20.6 Å². The number of nitriles is 1. The molecule has 2 N–H and O–H groups in total. The lowest BCUT2D eigenvalue weighted by Gasteiger charge is -2.08. The Bertz CT molecular complexity index is 1040. The largest absolute Gasteiger partial charge is 0.508 e. The monoisotopic (exact) mass is 358 g/mol. The lowest BCUT2D eigenvalue weighted by molar-refractivity contribution is -0.112. The van der Waals surface area contributed by atoms with Gasteiger partial charge < -0.3 is 15.0 Å². The Morgan fingerprint density at radius 1 is 1.26 bits per heavy atom. The first kappa shape index (κ1) is 18.0. The summed E-state index contributed by atoms with van der Waals surface area (Å²) in [6.45, 7) is 3.89. The van der Waals surface area contributed by atoms with E-state index in [0.717, 1.165) is 22.6 Å². The topological polar surface area (TPSA) is 90.9 Å². The number of nitrogens with zero attached hydrogens (tertiary/aromatic N) is 3. The maximum atomic E-state index is 12.4. The standard InChI is InChI=1S/C21H18N4O2/c1-14-10-16(15(2)25(14)19-4-3-9-23-13-19)11-17(12-22)21(27)24-18-5-7-20(26)8-6-18/h3-11,13,26H,1-2H3,(H,24,27)/b17-11-. The van der Waals surface area contributed by atoms with Gasteiger partial charge >= 0.3 is 0 Å². The fourth-order valence-electron chi connectivity index (χ4n) is 2.86. The van der Waals surface area contributed by atoms with Crippen LogP contribution in [0.15, 0.2) is 60.4 Å². The highest BCUT2D eigenvalue weighted by Crippen LogP contribution is 2.23. The minimum atomic E-state index is -0.505. The molecule has 27 heavy (non-hydrogen) atoms. The number of pyridine rings is 1. The second kappa shape index (κ2) is 7.58. The number of carbonyl (C=O) groups excluding carboxylic acids is 1. The summed E-state index contributed by atoms with van der Waals surface area (Å²) in [5.41, 5.74) is 4.08. The van der Waals surface area contributed by atoms with Crippen LogP contribution >= 0.6 is 0 Å². The molecule has 6 nitrogen and oxygen atoms in total. The summed E-state index contributed by atoms with van der Waals surface area (Å²) in [5.74, 6) is -0.402. The van der Waals surface area contributed by atoms with E-state index in [0.29, 0.717) is 5.69 Å². The van der Waals surface area contributed by atoms with Crippen molar-refractivity contribution in [1.82, 2.24) is 9.55 Å². The second-order valence-electron chi connectivity index (χ2n) is 6.04. The molecule has 1 amide bonds. The second-order valence-corrected chi connectivity index (χ2v) is 6.04. The zero-order chi connectivity index (χ0) is 19.4. The van der Waals surface area contributed by atoms with E-state index in [1.165, 1.54) is 12.1 Å². The molecule has 2 heterocycles. The van der Waals surface area contributed by atoms with Crippen molar-refractivity contribution in [1.29, 1.82) is 5.26 Å². The third kappa shape index (κ3) is 3.88. The molecule has 0 bridgehead atoms. The van der Waals surface area contributed by atoms with Gasteiger partial charge in [-0.05, 0) is 68.0 Å². The van der Waals surface area contributed by atoms with Gasteiger partial charge in [0.05, 0.1) is 11.9 Å². The minimum absolute atomic E-state index is 0.00508. The van der Waals surface area contributed by atoms with E-state index in [-0.39, 0.29) is 11.3 Å². The van der Waals surface area contributed by atoms with Crippen molar-refractivity contribution in [2.75, 3.05) is 5.32 Å². The van der Waals surface area contributed by atoms with Gasteiger partial charge in [0.2, 0.25) is 0 Å². The number of amides is 1. The van der Waals surface area contributed by atoms with Gasteiger partial charge in [0.25, 0.3) is 5.91 Å². The van der Waals surface area contributed by atoms with Gasteiger partial charge in [-0.2, -0.15) is 5.26 Å². The average molecular weight is 358 g/mol. The zero-order valence-electron chi connectivity index (χ0n) is 15.0. The van der Waals surface area contributed by atoms with Crippen LogP contribution in [0, 0.1) is 25.2 Å². The number of hydrogen-bond acceptors (Lipinski definition) is 4. The molecule has 0 aliphatic heterocycles. The van der Waals surface area contributed by atoms with Gasteiger partial charge in [-0.15, -0.1) is 0 Å². The summed E-state index contributed by atoms with van der Waals surface area (Å²) < 4.78 is 2.02. The number of hydrogen-bond donors (Lipinski definition) is 2. The number of aromatic hydroxyl groups is 1. The molecule has 0 aliphatic rings. The molecule has 6 heteroatoms. The van der Waals surface area contributed by atoms with E-state index in [1.807, 2.05) is 42.7 Å². The van der Waals surface area contributed by atoms with Gasteiger partial charge in [-0.3, -0.25) is 9.78 Å². The number of aromatic nitrogens is 2. The van der Waals surface area contributed by atoms with Gasteiger partial charge in [0.1, 0.15) is 17.4 Å². The van der Waals surface area contributed by atoms with Crippen LogP contribution in [0.2, 0.25) is 0 Å². The number of phenolic OH excluding ortho intramolecular Hbond substituents is 1. The molecule has 1 aromatic carbocycles. The van der Waals surface area contributed by atoms with Crippen molar-refractivity contribution in [3.63, 3.8) is 0 Å². The van der Waals surface area contributed by atoms with E-state index in [9.17, 15) is 15.2 Å². The molecule has 0 unspecified atom stereocenters. The Labute approximate surface area is 157 Å². The lowest BCUT2D eigenvalue weighted by Crippen LogP contribution is -2.13. The Hall–Kier alpha value is -3.85. The molecular formula is C21H18N4O2. The molecule has 3 aromatic rings. The predicted octanol–water partition coefficient (Wildman–Crippen LogP) is 3.74. The number of nitrogens with one attached hydrogen (secondary N) is 1. The van der Waals surface area contributed by atoms with E-state index in [4.69, 9.17) is 0 Å². The molecule has 0 spiro atoms. The molecule has 0 saturated carbocycles. The van der Waals surface area contributed by atoms with E-state index in [1.54, 1.807) is 30.6 Å². The molecule has 0 radical (unpaired) electrons. The summed E-state index contributed by atoms with van der Waals surface area (Å²) >= 11 is 0. The summed E-state index contributed by atoms with van der Waals surface area (Å²) in [7, 11) is 0. The average Bonchev–Trinajstić information content (AvgIpc) is 2.95. The van der Waals surface area contributed by atoms with Gasteiger partial charge in [-0.25, -0.2) is 0 Å². The van der Waals surface area contributed by atoms with E-state index in [2.05, 4.69) is 10.3 Å². The fourth-order valence-corrected chi connectivity index (χ4v) is 2.86. The van der Waals surface area contributed by atoms with Crippen LogP contribution in [0.25, 0.3) is 11.8 Å². The first-order valence-electron chi connectivity index (χ1n) is 8.31. The van der Waals surface area contributed by atoms with Crippen LogP contribution in [0.4, 0.5) is 5.69 Å². The summed E-state index contributed by atoms with van der Waals surface area (Å²) in [4.78, 5) is 16.6. The van der Waals surface area contributed by atoms with Crippen molar-refractivity contribution in [3.8, 4) is 17.5 Å². The number of benzene rings is 1. The SMILES string of the molecule is Cc1cc(/C=C(/C#N)C(=O)Nc2ccc(O)cc2)c(C)n1-c1cccnc1. The van der Waals surface area contributed by atoms with E-state index < -0.39 is 5.91 Å². The summed E-state index contributed by atoms with van der Waals surface area (Å²) in [5, 5.41) is 21.4. The Kier molecular flexibility index (Phi) is 5.04. The van der Waals surface area contributed by atoms with Gasteiger partial charge in [0.15, 0.2) is 0 Å². The third-order valence-electron chi connectivity index (χ3n) is 4.16. The number of phenols is 1. The number of aryl methyl sites for hydroxylation is 1. The van der Waals surface area contributed by atoms with Crippen molar-refractivity contribution in [2.24, 2.45) is 0 Å². The van der Waals surface area contributed by atoms with Crippen LogP contribution in [0.3, 0.4) is 0 Å². The number of anilines is 1. The molecule has 0 atom stereocenters. The molecule has 2 aromatic heterocycles. The zero-order valence-corrected chi connectivity index (χ0v) is 15.0. The molecule has 134 valence electrons. The first-order valence-corrected chi connectivity index (χ1v) is 8.31. The van der Waals surface area contributed by atoms with Crippen LogP contribution in [0.5, 0.6) is 5.75 Å². The fraction of sp³-hybridized carbons (Fsp3) is 0.0952. The first-order chi connectivity index (χ1) is 13.0. The Morgan fingerprint density at radius 3 is 2.63 bits per heavy atom. The van der Waals surface area contributed by atoms with Gasteiger partial charge in [-0.1, -0.05) is 0 Å². The smallest absolute Gasteiger partial charge is 0.266 e. The Balaban J connectivity index is 1.91. The summed E-state index contributed by atoms with van der Waals surface area (Å²) in [6, 6.07) is 13.7. The van der Waals surface area contributed by atoms with Crippen molar-refractivity contribution in [2.45, 2.75) is 13.8 Å². The highest BCUT2D eigenvalue weighted by molar-refractivity contribution is 6.09. The number of carbonyl (C=O) groups is 1. The highest BCUT2D eigenvalue weighted by Gasteiger charge is 2.14. The van der Waals surface area contributed by atoms with Crippen molar-refractivity contribution >= 4 is 17.7 Å². The maximum Gasteiger partial charge on any atom is 0.266 e. The van der Waals surface area contributed by atoms with Crippen LogP contribution in [-0.2, 0) is 4.79 Å². The van der Waals surface area contributed by atoms with E-state index >= 15 is 0 Å². The minimum Gasteiger partial charge on any atom is -0.508 e. The normalized spacial score (nSPS) is 11.1. The maximum absolute atomic E-state index is 12.4. The van der Waals surface area contributed by atoms with Crippen LogP contribution in [0.1, 0.15) is 17.0 Å². The molecule has 0 aliphatic carbocycles. The lowest BCUT2D eigenvalue weighted by atomic mass is 10.1. The number of rotatable bonds is 4. The van der Waals surface area contributed by atoms with Crippen molar-refractivity contribution in [3.05, 3.63) is 77.4 Å². The van der Waals surface area contributed by atoms with Crippen LogP contribution < -0.4 is 5.32 Å². The Morgan fingerprint density at radius 2 is 2.00 bits per heavy atom.